The maximum absolute atomic E-state index is 6.16. The van der Waals surface area contributed by atoms with Gasteiger partial charge < -0.3 is 4.90 Å². The fourth-order valence-electron chi connectivity index (χ4n) is 1.49. The van der Waals surface area contributed by atoms with Gasteiger partial charge in [0.05, 0.1) is 15.2 Å². The van der Waals surface area contributed by atoms with Gasteiger partial charge in [0.15, 0.2) is 5.82 Å². The molecule has 2 aromatic rings. The highest BCUT2D eigenvalue weighted by molar-refractivity contribution is 9.10. The molecule has 1 aromatic heterocycles. The van der Waals surface area contributed by atoms with E-state index in [1.54, 1.807) is 12.1 Å². The lowest BCUT2D eigenvalue weighted by Crippen LogP contribution is -2.09. The monoisotopic (exact) mass is 333 g/mol. The number of hydrogen-bond donors (Lipinski definition) is 1. The molecule has 0 saturated heterocycles. The predicted octanol–water partition coefficient (Wildman–Crippen LogP) is 4.21. The summed E-state index contributed by atoms with van der Waals surface area (Å²) in [5.41, 5.74) is 1.71. The Morgan fingerprint density at radius 3 is 2.53 bits per heavy atom. The van der Waals surface area contributed by atoms with Crippen LogP contribution in [0.1, 0.15) is 0 Å². The van der Waals surface area contributed by atoms with Crippen molar-refractivity contribution in [3.05, 3.63) is 32.7 Å². The van der Waals surface area contributed by atoms with Crippen molar-refractivity contribution in [1.29, 1.82) is 0 Å². The molecule has 1 N–H and O–H groups in total. The molecule has 0 radical (unpaired) electrons. The third kappa shape index (κ3) is 2.44. The third-order valence-electron chi connectivity index (χ3n) is 2.31. The highest BCUT2D eigenvalue weighted by Gasteiger charge is 2.15. The smallest absolute Gasteiger partial charge is 0.164 e. The lowest BCUT2D eigenvalue weighted by atomic mass is 10.1. The van der Waals surface area contributed by atoms with Crippen LogP contribution in [-0.4, -0.2) is 24.3 Å². The van der Waals surface area contributed by atoms with E-state index in [-0.39, 0.29) is 0 Å². The van der Waals surface area contributed by atoms with Crippen LogP contribution < -0.4 is 4.90 Å². The molecule has 0 aliphatic rings. The minimum atomic E-state index is 0.590. The van der Waals surface area contributed by atoms with Crippen molar-refractivity contribution in [1.82, 2.24) is 10.2 Å². The topological polar surface area (TPSA) is 31.9 Å². The zero-order chi connectivity index (χ0) is 12.6. The summed E-state index contributed by atoms with van der Waals surface area (Å²) < 4.78 is 0.881. The molecule has 2 rings (SSSR count). The van der Waals surface area contributed by atoms with Gasteiger partial charge in [-0.1, -0.05) is 23.2 Å². The van der Waals surface area contributed by atoms with Crippen LogP contribution in [0.2, 0.25) is 10.0 Å². The van der Waals surface area contributed by atoms with Gasteiger partial charge in [0, 0.05) is 24.7 Å². The quantitative estimate of drug-likeness (QED) is 0.892. The molecule has 1 aromatic carbocycles. The molecule has 0 amide bonds. The second-order valence-electron chi connectivity index (χ2n) is 3.75. The first-order valence-corrected chi connectivity index (χ1v) is 6.42. The van der Waals surface area contributed by atoms with Crippen molar-refractivity contribution >= 4 is 44.9 Å². The number of benzene rings is 1. The Morgan fingerprint density at radius 1 is 1.29 bits per heavy atom. The van der Waals surface area contributed by atoms with Crippen molar-refractivity contribution in [3.8, 4) is 11.3 Å². The summed E-state index contributed by atoms with van der Waals surface area (Å²) in [6.07, 6.45) is 0. The van der Waals surface area contributed by atoms with Crippen LogP contribution in [-0.2, 0) is 0 Å². The van der Waals surface area contributed by atoms with E-state index in [4.69, 9.17) is 23.2 Å². The van der Waals surface area contributed by atoms with Crippen LogP contribution in [0.15, 0.2) is 22.7 Å². The molecule has 0 saturated carbocycles. The molecule has 0 unspecified atom stereocenters. The number of hydrogen-bond acceptors (Lipinski definition) is 2. The minimum Gasteiger partial charge on any atom is -0.360 e. The van der Waals surface area contributed by atoms with Crippen LogP contribution >= 0.6 is 39.1 Å². The van der Waals surface area contributed by atoms with E-state index >= 15 is 0 Å². The van der Waals surface area contributed by atoms with Crippen molar-refractivity contribution in [2.75, 3.05) is 19.0 Å². The number of nitrogens with zero attached hydrogens (tertiary/aromatic N) is 2. The minimum absolute atomic E-state index is 0.590. The molecule has 17 heavy (non-hydrogen) atoms. The number of aromatic amines is 1. The first-order valence-electron chi connectivity index (χ1n) is 4.87. The van der Waals surface area contributed by atoms with E-state index in [1.807, 2.05) is 25.1 Å². The predicted molar refractivity (Wildman–Crippen MR) is 76.1 cm³/mol. The summed E-state index contributed by atoms with van der Waals surface area (Å²) >= 11 is 15.5. The second kappa shape index (κ2) is 4.88. The van der Waals surface area contributed by atoms with Crippen LogP contribution in [0, 0.1) is 0 Å². The number of H-pyrrole nitrogens is 1. The largest absolute Gasteiger partial charge is 0.360 e. The van der Waals surface area contributed by atoms with E-state index in [1.165, 1.54) is 0 Å². The fraction of sp³-hybridized carbons (Fsp3) is 0.182. The molecule has 3 nitrogen and oxygen atoms in total. The molecular formula is C11H10BrCl2N3. The molecule has 0 fully saturated rings. The highest BCUT2D eigenvalue weighted by atomic mass is 79.9. The molecule has 90 valence electrons. The Kier molecular flexibility index (Phi) is 3.66. The average Bonchev–Trinajstić information content (AvgIpc) is 2.60. The van der Waals surface area contributed by atoms with E-state index < -0.39 is 0 Å². The van der Waals surface area contributed by atoms with E-state index in [0.29, 0.717) is 10.0 Å². The van der Waals surface area contributed by atoms with E-state index in [0.717, 1.165) is 21.5 Å². The Balaban J connectivity index is 2.54. The lowest BCUT2D eigenvalue weighted by molar-refractivity contribution is 1.01. The van der Waals surface area contributed by atoms with Crippen molar-refractivity contribution in [2.45, 2.75) is 0 Å². The van der Waals surface area contributed by atoms with Crippen molar-refractivity contribution in [3.63, 3.8) is 0 Å². The standard InChI is InChI=1S/C11H10BrCl2N3/c1-17(2)11-9(12)10(15-16-11)7-4-3-6(13)5-8(7)14/h3-5H,1-2H3,(H,15,16). The zero-order valence-corrected chi connectivity index (χ0v) is 12.4. The van der Waals surface area contributed by atoms with E-state index in [2.05, 4.69) is 26.1 Å². The van der Waals surface area contributed by atoms with Crippen molar-refractivity contribution < 1.29 is 0 Å². The maximum atomic E-state index is 6.16. The van der Waals surface area contributed by atoms with Gasteiger partial charge >= 0.3 is 0 Å². The van der Waals surface area contributed by atoms with Gasteiger partial charge in [0.25, 0.3) is 0 Å². The van der Waals surface area contributed by atoms with Gasteiger partial charge in [-0.2, -0.15) is 5.10 Å². The molecule has 6 heteroatoms. The summed E-state index contributed by atoms with van der Waals surface area (Å²) in [6.45, 7) is 0. The number of anilines is 1. The van der Waals surface area contributed by atoms with Gasteiger partial charge in [-0.25, -0.2) is 0 Å². The molecule has 0 bridgehead atoms. The number of rotatable bonds is 2. The SMILES string of the molecule is CN(C)c1n[nH]c(-c2ccc(Cl)cc2Cl)c1Br. The van der Waals surface area contributed by atoms with Crippen LogP contribution in [0.5, 0.6) is 0 Å². The van der Waals surface area contributed by atoms with Gasteiger partial charge in [-0.3, -0.25) is 5.10 Å². The Bertz CT molecular complexity index is 552. The van der Waals surface area contributed by atoms with Gasteiger partial charge in [0.2, 0.25) is 0 Å². The zero-order valence-electron chi connectivity index (χ0n) is 9.26. The Labute approximate surface area is 118 Å². The van der Waals surface area contributed by atoms with Crippen LogP contribution in [0.4, 0.5) is 5.82 Å². The lowest BCUT2D eigenvalue weighted by Gasteiger charge is -2.08. The summed E-state index contributed by atoms with van der Waals surface area (Å²) in [4.78, 5) is 1.91. The molecule has 0 aliphatic carbocycles. The summed E-state index contributed by atoms with van der Waals surface area (Å²) in [7, 11) is 3.85. The van der Waals surface area contributed by atoms with Gasteiger partial charge in [-0.05, 0) is 34.1 Å². The summed E-state index contributed by atoms with van der Waals surface area (Å²) in [6, 6.07) is 5.37. The third-order valence-corrected chi connectivity index (χ3v) is 3.61. The maximum Gasteiger partial charge on any atom is 0.164 e. The average molecular weight is 335 g/mol. The van der Waals surface area contributed by atoms with Gasteiger partial charge in [0.1, 0.15) is 0 Å². The van der Waals surface area contributed by atoms with E-state index in [9.17, 15) is 0 Å². The molecule has 0 atom stereocenters. The summed E-state index contributed by atoms with van der Waals surface area (Å²) in [5.74, 6) is 0.825. The first-order chi connectivity index (χ1) is 8.00. The second-order valence-corrected chi connectivity index (χ2v) is 5.39. The number of aromatic nitrogens is 2. The number of nitrogens with one attached hydrogen (secondary N) is 1. The van der Waals surface area contributed by atoms with Crippen molar-refractivity contribution in [2.24, 2.45) is 0 Å². The van der Waals surface area contributed by atoms with Gasteiger partial charge in [-0.15, -0.1) is 0 Å². The molecule has 1 heterocycles. The molecule has 0 spiro atoms. The normalized spacial score (nSPS) is 10.6. The Hall–Kier alpha value is -0.710. The highest BCUT2D eigenvalue weighted by Crippen LogP contribution is 2.37. The molecular weight excluding hydrogens is 325 g/mol. The van der Waals surface area contributed by atoms with Crippen LogP contribution in [0.3, 0.4) is 0 Å². The summed E-state index contributed by atoms with van der Waals surface area (Å²) in [5, 5.41) is 8.39. The Morgan fingerprint density at radius 2 is 2.00 bits per heavy atom. The fourth-order valence-corrected chi connectivity index (χ4v) is 2.73. The molecule has 0 aliphatic heterocycles. The number of halogens is 3. The van der Waals surface area contributed by atoms with Crippen LogP contribution in [0.25, 0.3) is 11.3 Å². The first kappa shape index (κ1) is 12.7.